The summed E-state index contributed by atoms with van der Waals surface area (Å²) in [6.07, 6.45) is 0.204. The number of carbonyl (C=O) groups excluding carboxylic acids is 2. The fourth-order valence-electron chi connectivity index (χ4n) is 3.71. The molecule has 1 amide bonds. The summed E-state index contributed by atoms with van der Waals surface area (Å²) in [5, 5.41) is 2.87. The van der Waals surface area contributed by atoms with Crippen LogP contribution >= 0.6 is 0 Å². The van der Waals surface area contributed by atoms with Gasteiger partial charge in [-0.3, -0.25) is 9.59 Å². The second-order valence-corrected chi connectivity index (χ2v) is 7.40. The number of nitrogens with one attached hydrogen (secondary N) is 1. The van der Waals surface area contributed by atoms with Crippen LogP contribution in [0.3, 0.4) is 0 Å². The molecule has 0 saturated carbocycles. The molecule has 0 radical (unpaired) electrons. The minimum Gasteiger partial charge on any atom is -0.486 e. The molecule has 31 heavy (non-hydrogen) atoms. The van der Waals surface area contributed by atoms with Crippen molar-refractivity contribution in [2.75, 3.05) is 18.5 Å². The fraction of sp³-hybridized carbons (Fsp3) is 0.250. The Balaban J connectivity index is 1.51. The topological polar surface area (TPSA) is 69.6 Å². The van der Waals surface area contributed by atoms with Gasteiger partial charge in [0, 0.05) is 41.7 Å². The zero-order chi connectivity index (χ0) is 22.0. The van der Waals surface area contributed by atoms with Gasteiger partial charge in [-0.2, -0.15) is 0 Å². The van der Waals surface area contributed by atoms with E-state index in [0.717, 1.165) is 17.0 Å². The molecule has 0 saturated heterocycles. The third-order valence-corrected chi connectivity index (χ3v) is 5.27. The zero-order valence-corrected chi connectivity index (χ0v) is 17.4. The lowest BCUT2D eigenvalue weighted by Gasteiger charge is -2.19. The van der Waals surface area contributed by atoms with Crippen molar-refractivity contribution >= 4 is 17.4 Å². The molecule has 6 nitrogen and oxygen atoms in total. The van der Waals surface area contributed by atoms with Gasteiger partial charge in [-0.25, -0.2) is 4.39 Å². The van der Waals surface area contributed by atoms with Crippen LogP contribution in [-0.2, 0) is 11.3 Å². The highest BCUT2D eigenvalue weighted by atomic mass is 19.1. The molecule has 1 aromatic heterocycles. The first-order chi connectivity index (χ1) is 14.9. The van der Waals surface area contributed by atoms with E-state index in [-0.39, 0.29) is 23.9 Å². The first-order valence-corrected chi connectivity index (χ1v) is 10.1. The molecule has 7 heteroatoms. The Kier molecular flexibility index (Phi) is 5.75. The third kappa shape index (κ3) is 4.45. The number of carbonyl (C=O) groups is 2. The normalized spacial score (nSPS) is 12.5. The number of aromatic nitrogens is 1. The summed E-state index contributed by atoms with van der Waals surface area (Å²) in [5.41, 5.74) is 3.55. The average Bonchev–Trinajstić information content (AvgIpc) is 3.09. The van der Waals surface area contributed by atoms with Crippen molar-refractivity contribution in [3.05, 3.63) is 65.6 Å². The highest BCUT2D eigenvalue weighted by Crippen LogP contribution is 2.32. The summed E-state index contributed by atoms with van der Waals surface area (Å²) in [6.45, 7) is 4.72. The fourth-order valence-corrected chi connectivity index (χ4v) is 3.71. The average molecular weight is 422 g/mol. The van der Waals surface area contributed by atoms with Crippen molar-refractivity contribution in [1.29, 1.82) is 0 Å². The van der Waals surface area contributed by atoms with Crippen LogP contribution in [0.2, 0.25) is 0 Å². The van der Waals surface area contributed by atoms with E-state index in [1.165, 1.54) is 19.1 Å². The van der Waals surface area contributed by atoms with Gasteiger partial charge in [-0.05, 0) is 61.9 Å². The van der Waals surface area contributed by atoms with E-state index >= 15 is 0 Å². The summed E-state index contributed by atoms with van der Waals surface area (Å²) in [6, 6.07) is 13.2. The van der Waals surface area contributed by atoms with Crippen LogP contribution in [0.15, 0.2) is 48.5 Å². The third-order valence-electron chi connectivity index (χ3n) is 5.27. The van der Waals surface area contributed by atoms with Gasteiger partial charge >= 0.3 is 0 Å². The molecule has 2 heterocycles. The second kappa shape index (κ2) is 8.63. The highest BCUT2D eigenvalue weighted by molar-refractivity contribution is 5.97. The van der Waals surface area contributed by atoms with Gasteiger partial charge in [0.15, 0.2) is 17.3 Å². The molecule has 3 aromatic rings. The lowest BCUT2D eigenvalue weighted by molar-refractivity contribution is -0.116. The van der Waals surface area contributed by atoms with Crippen molar-refractivity contribution in [2.45, 2.75) is 26.8 Å². The Bertz CT molecular complexity index is 1140. The SMILES string of the molecule is CC(=O)c1cc(-c2ccc(F)cc2)n(CCC(=O)Nc2ccc3c(c2)OCCO3)c1C. The van der Waals surface area contributed by atoms with Gasteiger partial charge in [0.25, 0.3) is 0 Å². The number of rotatable bonds is 6. The number of ether oxygens (including phenoxy) is 2. The Morgan fingerprint density at radius 1 is 1.03 bits per heavy atom. The molecule has 1 N–H and O–H groups in total. The molecule has 0 atom stereocenters. The van der Waals surface area contributed by atoms with E-state index in [4.69, 9.17) is 9.47 Å². The number of anilines is 1. The predicted octanol–water partition coefficient (Wildman–Crippen LogP) is 4.61. The maximum absolute atomic E-state index is 13.4. The summed E-state index contributed by atoms with van der Waals surface area (Å²) in [5.74, 6) is 0.714. The van der Waals surface area contributed by atoms with E-state index in [1.54, 1.807) is 36.4 Å². The minimum absolute atomic E-state index is 0.0552. The zero-order valence-electron chi connectivity index (χ0n) is 17.4. The lowest BCUT2D eigenvalue weighted by Crippen LogP contribution is -2.17. The second-order valence-electron chi connectivity index (χ2n) is 7.40. The number of hydrogen-bond donors (Lipinski definition) is 1. The summed E-state index contributed by atoms with van der Waals surface area (Å²) < 4.78 is 26.3. The molecule has 0 unspecified atom stereocenters. The van der Waals surface area contributed by atoms with E-state index in [0.29, 0.717) is 42.5 Å². The molecule has 4 rings (SSSR count). The van der Waals surface area contributed by atoms with Gasteiger partial charge in [0.05, 0.1) is 0 Å². The lowest BCUT2D eigenvalue weighted by atomic mass is 10.1. The van der Waals surface area contributed by atoms with E-state index in [9.17, 15) is 14.0 Å². The Morgan fingerprint density at radius 3 is 2.45 bits per heavy atom. The Hall–Kier alpha value is -3.61. The number of ketones is 1. The van der Waals surface area contributed by atoms with Gasteiger partial charge in [0.1, 0.15) is 19.0 Å². The molecule has 1 aliphatic heterocycles. The summed E-state index contributed by atoms with van der Waals surface area (Å²) in [7, 11) is 0. The largest absolute Gasteiger partial charge is 0.486 e. The van der Waals surface area contributed by atoms with Crippen LogP contribution in [0, 0.1) is 12.7 Å². The monoisotopic (exact) mass is 422 g/mol. The van der Waals surface area contributed by atoms with Crippen LogP contribution in [0.25, 0.3) is 11.3 Å². The molecule has 0 spiro atoms. The van der Waals surface area contributed by atoms with E-state index in [1.807, 2.05) is 11.5 Å². The van der Waals surface area contributed by atoms with Crippen LogP contribution in [0.4, 0.5) is 10.1 Å². The van der Waals surface area contributed by atoms with Gasteiger partial charge in [-0.15, -0.1) is 0 Å². The number of benzene rings is 2. The van der Waals surface area contributed by atoms with Crippen LogP contribution in [-0.4, -0.2) is 29.5 Å². The molecule has 0 aliphatic carbocycles. The summed E-state index contributed by atoms with van der Waals surface area (Å²) >= 11 is 0. The Morgan fingerprint density at radius 2 is 1.74 bits per heavy atom. The maximum atomic E-state index is 13.4. The number of amides is 1. The number of halogens is 1. The molecular weight excluding hydrogens is 399 g/mol. The minimum atomic E-state index is -0.329. The van der Waals surface area contributed by atoms with Gasteiger partial charge in [0.2, 0.25) is 5.91 Å². The summed E-state index contributed by atoms with van der Waals surface area (Å²) in [4.78, 5) is 24.6. The standard InChI is InChI=1S/C24H23FN2O4/c1-15-20(16(2)28)14-21(17-3-5-18(25)6-4-17)27(15)10-9-24(29)26-19-7-8-22-23(13-19)31-12-11-30-22/h3-8,13-14H,9-12H2,1-2H3,(H,26,29). The predicted molar refractivity (Wildman–Crippen MR) is 115 cm³/mol. The molecule has 1 aliphatic rings. The van der Waals surface area contributed by atoms with Crippen LogP contribution in [0.1, 0.15) is 29.4 Å². The van der Waals surface area contributed by atoms with Crippen molar-refractivity contribution in [2.24, 2.45) is 0 Å². The molecule has 0 bridgehead atoms. The molecular formula is C24H23FN2O4. The maximum Gasteiger partial charge on any atom is 0.226 e. The van der Waals surface area contributed by atoms with E-state index in [2.05, 4.69) is 5.32 Å². The smallest absolute Gasteiger partial charge is 0.226 e. The Labute approximate surface area is 179 Å². The van der Waals surface area contributed by atoms with Crippen LogP contribution < -0.4 is 14.8 Å². The van der Waals surface area contributed by atoms with Crippen LogP contribution in [0.5, 0.6) is 11.5 Å². The first-order valence-electron chi connectivity index (χ1n) is 10.1. The van der Waals surface area contributed by atoms with Gasteiger partial charge < -0.3 is 19.4 Å². The van der Waals surface area contributed by atoms with E-state index < -0.39 is 0 Å². The number of fused-ring (bicyclic) bond motifs is 1. The van der Waals surface area contributed by atoms with Crippen molar-refractivity contribution in [3.8, 4) is 22.8 Å². The molecule has 160 valence electrons. The molecule has 2 aromatic carbocycles. The highest BCUT2D eigenvalue weighted by Gasteiger charge is 2.18. The van der Waals surface area contributed by atoms with Crippen molar-refractivity contribution < 1.29 is 23.5 Å². The first kappa shape index (κ1) is 20.7. The van der Waals surface area contributed by atoms with Crippen molar-refractivity contribution in [1.82, 2.24) is 4.57 Å². The molecule has 0 fully saturated rings. The number of hydrogen-bond acceptors (Lipinski definition) is 4. The number of nitrogens with zero attached hydrogens (tertiary/aromatic N) is 1. The van der Waals surface area contributed by atoms with Gasteiger partial charge in [-0.1, -0.05) is 0 Å². The quantitative estimate of drug-likeness (QED) is 0.589. The number of Topliss-reactive ketones (excluding diaryl/α,β-unsaturated/α-hetero) is 1. The van der Waals surface area contributed by atoms with Crippen molar-refractivity contribution in [3.63, 3.8) is 0 Å².